The van der Waals surface area contributed by atoms with Crippen LogP contribution in [0.1, 0.15) is 53.6 Å². The molecule has 0 saturated carbocycles. The van der Waals surface area contributed by atoms with Gasteiger partial charge in [0.1, 0.15) is 11.2 Å². The molecule has 3 aliphatic carbocycles. The molecule has 1 heterocycles. The van der Waals surface area contributed by atoms with E-state index in [0.29, 0.717) is 0 Å². The highest BCUT2D eigenvalue weighted by molar-refractivity contribution is 6.13. The molecule has 0 bridgehead atoms. The van der Waals surface area contributed by atoms with Gasteiger partial charge in [-0.2, -0.15) is 0 Å². The Bertz CT molecular complexity index is 3090. The van der Waals surface area contributed by atoms with Gasteiger partial charge in [-0.05, 0) is 122 Å². The summed E-state index contributed by atoms with van der Waals surface area (Å²) in [5.74, 6) is 0. The molecule has 266 valence electrons. The van der Waals surface area contributed by atoms with Crippen LogP contribution in [-0.4, -0.2) is 0 Å². The van der Waals surface area contributed by atoms with Crippen LogP contribution in [0.5, 0.6) is 0 Å². The van der Waals surface area contributed by atoms with Crippen LogP contribution in [0.4, 0.5) is 17.1 Å². The lowest BCUT2D eigenvalue weighted by atomic mass is 9.73. The highest BCUT2D eigenvalue weighted by atomic mass is 16.3. The number of anilines is 3. The Hall–Kier alpha value is -6.64. The number of hydrogen-bond donors (Lipinski definition) is 0. The Morgan fingerprint density at radius 2 is 1.12 bits per heavy atom. The molecule has 8 aromatic carbocycles. The van der Waals surface area contributed by atoms with E-state index in [9.17, 15) is 0 Å². The predicted octanol–water partition coefficient (Wildman–Crippen LogP) is 14.3. The highest BCUT2D eigenvalue weighted by Crippen LogP contribution is 2.59. The summed E-state index contributed by atoms with van der Waals surface area (Å²) in [6.45, 7) is 4.75. The second kappa shape index (κ2) is 11.4. The monoisotopic (exact) mass is 717 g/mol. The first kappa shape index (κ1) is 31.7. The molecule has 2 heteroatoms. The molecule has 1 aromatic heterocycles. The zero-order chi connectivity index (χ0) is 37.2. The maximum atomic E-state index is 6.52. The third-order valence-corrected chi connectivity index (χ3v) is 13.3. The smallest absolute Gasteiger partial charge is 0.137 e. The Kier molecular flexibility index (Phi) is 6.47. The van der Waals surface area contributed by atoms with Gasteiger partial charge in [0.25, 0.3) is 0 Å². The molecule has 1 atom stereocenters. The number of fused-ring (bicyclic) bond motifs is 13. The van der Waals surface area contributed by atoms with E-state index >= 15 is 0 Å². The van der Waals surface area contributed by atoms with Crippen molar-refractivity contribution in [3.05, 3.63) is 209 Å². The third-order valence-electron chi connectivity index (χ3n) is 13.3. The van der Waals surface area contributed by atoms with Gasteiger partial charge in [-0.25, -0.2) is 0 Å². The van der Waals surface area contributed by atoms with Gasteiger partial charge in [-0.15, -0.1) is 0 Å². The molecule has 1 spiro atoms. The van der Waals surface area contributed by atoms with E-state index in [1.54, 1.807) is 0 Å². The van der Waals surface area contributed by atoms with Gasteiger partial charge in [-0.3, -0.25) is 0 Å². The number of benzene rings is 8. The van der Waals surface area contributed by atoms with E-state index in [-0.39, 0.29) is 10.8 Å². The first-order chi connectivity index (χ1) is 27.5. The van der Waals surface area contributed by atoms with Gasteiger partial charge in [0.05, 0.1) is 11.1 Å². The zero-order valence-corrected chi connectivity index (χ0v) is 31.5. The van der Waals surface area contributed by atoms with Crippen molar-refractivity contribution < 1.29 is 4.42 Å². The van der Waals surface area contributed by atoms with Gasteiger partial charge in [0, 0.05) is 27.6 Å². The summed E-state index contributed by atoms with van der Waals surface area (Å²) in [4.78, 5) is 2.48. The van der Waals surface area contributed by atoms with Crippen molar-refractivity contribution in [2.24, 2.45) is 0 Å². The molecule has 0 fully saturated rings. The van der Waals surface area contributed by atoms with Crippen LogP contribution in [0.15, 0.2) is 180 Å². The molecule has 3 aliphatic rings. The molecule has 0 aliphatic heterocycles. The highest BCUT2D eigenvalue weighted by Gasteiger charge is 2.48. The van der Waals surface area contributed by atoms with Crippen LogP contribution in [0, 0.1) is 0 Å². The fraction of sp³-hybridized carbons (Fsp3) is 0.111. The fourth-order valence-corrected chi connectivity index (χ4v) is 10.9. The molecule has 56 heavy (non-hydrogen) atoms. The van der Waals surface area contributed by atoms with Gasteiger partial charge in [0.2, 0.25) is 0 Å². The minimum Gasteiger partial charge on any atom is -0.456 e. The van der Waals surface area contributed by atoms with Crippen LogP contribution in [0.2, 0.25) is 0 Å². The number of para-hydroxylation sites is 1. The molecule has 0 radical (unpaired) electrons. The largest absolute Gasteiger partial charge is 0.456 e. The third kappa shape index (κ3) is 4.16. The minimum absolute atomic E-state index is 0.125. The normalized spacial score (nSPS) is 16.8. The molecule has 2 nitrogen and oxygen atoms in total. The van der Waals surface area contributed by atoms with Crippen molar-refractivity contribution >= 4 is 39.0 Å². The Labute approximate surface area is 327 Å². The summed E-state index contributed by atoms with van der Waals surface area (Å²) in [6, 6.07) is 65.3. The minimum atomic E-state index is -0.189. The van der Waals surface area contributed by atoms with Gasteiger partial charge < -0.3 is 9.32 Å². The lowest BCUT2D eigenvalue weighted by Crippen LogP contribution is -2.24. The van der Waals surface area contributed by atoms with Crippen LogP contribution in [0.3, 0.4) is 0 Å². The zero-order valence-electron chi connectivity index (χ0n) is 31.5. The molecule has 12 rings (SSSR count). The topological polar surface area (TPSA) is 16.4 Å². The van der Waals surface area contributed by atoms with Crippen molar-refractivity contribution in [1.82, 2.24) is 0 Å². The Morgan fingerprint density at radius 1 is 0.482 bits per heavy atom. The van der Waals surface area contributed by atoms with E-state index in [1.807, 2.05) is 0 Å². The lowest BCUT2D eigenvalue weighted by Gasteiger charge is -2.31. The second-order valence-corrected chi connectivity index (χ2v) is 16.4. The molecule has 0 amide bonds. The van der Waals surface area contributed by atoms with E-state index in [4.69, 9.17) is 4.42 Å². The van der Waals surface area contributed by atoms with Crippen molar-refractivity contribution in [3.63, 3.8) is 0 Å². The van der Waals surface area contributed by atoms with Crippen molar-refractivity contribution in [3.8, 4) is 33.4 Å². The van der Waals surface area contributed by atoms with Crippen molar-refractivity contribution in [1.29, 1.82) is 0 Å². The van der Waals surface area contributed by atoms with E-state index in [2.05, 4.69) is 195 Å². The Balaban J connectivity index is 1.11. The molecule has 0 N–H and O–H groups in total. The van der Waals surface area contributed by atoms with E-state index < -0.39 is 0 Å². The average molecular weight is 718 g/mol. The molecule has 9 aromatic rings. The Morgan fingerprint density at radius 3 is 2.02 bits per heavy atom. The number of aryl methyl sites for hydroxylation is 1. The van der Waals surface area contributed by atoms with Gasteiger partial charge in [0.15, 0.2) is 0 Å². The van der Waals surface area contributed by atoms with E-state index in [0.717, 1.165) is 51.8 Å². The van der Waals surface area contributed by atoms with Gasteiger partial charge >= 0.3 is 0 Å². The molecule has 1 unspecified atom stereocenters. The first-order valence-corrected chi connectivity index (χ1v) is 19.9. The average Bonchev–Trinajstić information content (AvgIpc) is 3.97. The van der Waals surface area contributed by atoms with Crippen LogP contribution in [-0.2, 0) is 17.3 Å². The van der Waals surface area contributed by atoms with Crippen LogP contribution >= 0.6 is 0 Å². The number of rotatable bonds is 4. The summed E-state index contributed by atoms with van der Waals surface area (Å²) < 4.78 is 6.52. The fourth-order valence-electron chi connectivity index (χ4n) is 10.9. The van der Waals surface area contributed by atoms with Gasteiger partial charge in [-0.1, -0.05) is 147 Å². The van der Waals surface area contributed by atoms with Crippen LogP contribution in [0.25, 0.3) is 55.3 Å². The first-order valence-electron chi connectivity index (χ1n) is 19.9. The summed E-state index contributed by atoms with van der Waals surface area (Å²) in [5.41, 5.74) is 21.2. The second-order valence-electron chi connectivity index (χ2n) is 16.4. The summed E-state index contributed by atoms with van der Waals surface area (Å²) >= 11 is 0. The SMILES string of the molecule is CC1(C)c2ccccc2-c2cccc(-c3cccc(N(c4ccc5c(c4)C4(CCc6ccccc64)c4ccccc4-5)c4cccc5oc6ccccc6c45)c3)c21. The lowest BCUT2D eigenvalue weighted by molar-refractivity contribution is 0.626. The molecular weight excluding hydrogens is 679 g/mol. The molecule has 0 saturated heterocycles. The molecular formula is C54H39NO. The number of furan rings is 1. The number of nitrogens with zero attached hydrogens (tertiary/aromatic N) is 1. The summed E-state index contributed by atoms with van der Waals surface area (Å²) in [6.07, 6.45) is 2.14. The van der Waals surface area contributed by atoms with Crippen molar-refractivity contribution in [2.75, 3.05) is 4.90 Å². The van der Waals surface area contributed by atoms with Crippen molar-refractivity contribution in [2.45, 2.75) is 37.5 Å². The maximum Gasteiger partial charge on any atom is 0.137 e. The summed E-state index contributed by atoms with van der Waals surface area (Å²) in [7, 11) is 0. The van der Waals surface area contributed by atoms with E-state index in [1.165, 1.54) is 66.8 Å². The quantitative estimate of drug-likeness (QED) is 0.180. The predicted molar refractivity (Wildman–Crippen MR) is 231 cm³/mol. The standard InChI is InChI=1S/C54H39NO/c1-53(2)45-23-8-4-18-40(45)42-21-12-20-38(52(42)53)35-15-11-16-36(32-35)55(48-25-13-27-50-51(48)43-19-6-10-26-49(43)56-50)37-28-29-41-39-17-5-9-24-46(39)54(47(41)33-37)31-30-34-14-3-7-22-44(34)54/h3-29,32-33H,30-31H2,1-2H3. The summed E-state index contributed by atoms with van der Waals surface area (Å²) in [5, 5.41) is 2.24. The number of hydrogen-bond acceptors (Lipinski definition) is 2. The van der Waals surface area contributed by atoms with Crippen LogP contribution < -0.4 is 4.90 Å². The maximum absolute atomic E-state index is 6.52.